The molecule has 2 heterocycles. The van der Waals surface area contributed by atoms with Crippen molar-refractivity contribution in [3.05, 3.63) is 21.8 Å². The number of halogens is 2. The van der Waals surface area contributed by atoms with Crippen LogP contribution < -0.4 is 4.90 Å². The minimum absolute atomic E-state index is 0.738. The fraction of sp³-hybridized carbons (Fsp3) is 0.615. The van der Waals surface area contributed by atoms with E-state index in [-0.39, 0.29) is 0 Å². The second-order valence-corrected chi connectivity index (χ2v) is 6.35. The number of rotatable bonds is 2. The van der Waals surface area contributed by atoms with Gasteiger partial charge in [0.15, 0.2) is 0 Å². The van der Waals surface area contributed by atoms with Crippen LogP contribution in [0.5, 0.6) is 0 Å². The Morgan fingerprint density at radius 2 is 2.06 bits per heavy atom. The van der Waals surface area contributed by atoms with Gasteiger partial charge in [0.25, 0.3) is 0 Å². The molecule has 4 heteroatoms. The van der Waals surface area contributed by atoms with Gasteiger partial charge in [-0.3, -0.25) is 0 Å². The average molecular weight is 318 g/mol. The predicted octanol–water partition coefficient (Wildman–Crippen LogP) is 4.37. The first kappa shape index (κ1) is 13.2. The fourth-order valence-corrected chi connectivity index (χ4v) is 3.17. The molecule has 0 spiro atoms. The van der Waals surface area contributed by atoms with Crippen LogP contribution in [0, 0.1) is 11.8 Å². The highest BCUT2D eigenvalue weighted by Gasteiger charge is 2.23. The maximum atomic E-state index is 6.23. The zero-order valence-corrected chi connectivity index (χ0v) is 12.6. The van der Waals surface area contributed by atoms with Crippen LogP contribution in [0.15, 0.2) is 16.7 Å². The summed E-state index contributed by atoms with van der Waals surface area (Å²) in [6.45, 7) is 6.75. The van der Waals surface area contributed by atoms with Crippen LogP contribution in [0.2, 0.25) is 5.02 Å². The molecule has 0 aliphatic carbocycles. The molecule has 17 heavy (non-hydrogen) atoms. The van der Waals surface area contributed by atoms with Crippen molar-refractivity contribution < 1.29 is 0 Å². The molecule has 94 valence electrons. The highest BCUT2D eigenvalue weighted by atomic mass is 79.9. The molecule has 1 saturated heterocycles. The molecule has 0 unspecified atom stereocenters. The summed E-state index contributed by atoms with van der Waals surface area (Å²) in [6, 6.07) is 1.92. The lowest BCUT2D eigenvalue weighted by molar-refractivity contribution is 0.310. The number of nitrogens with zero attached hydrogens (tertiary/aromatic N) is 2. The summed E-state index contributed by atoms with van der Waals surface area (Å²) in [7, 11) is 0. The molecule has 0 saturated carbocycles. The molecule has 0 aromatic carbocycles. The van der Waals surface area contributed by atoms with Crippen LogP contribution >= 0.6 is 27.5 Å². The second kappa shape index (κ2) is 5.57. The van der Waals surface area contributed by atoms with Gasteiger partial charge < -0.3 is 4.90 Å². The maximum Gasteiger partial charge on any atom is 0.147 e. The zero-order valence-electron chi connectivity index (χ0n) is 10.3. The van der Waals surface area contributed by atoms with E-state index in [1.165, 1.54) is 12.8 Å². The molecule has 0 bridgehead atoms. The van der Waals surface area contributed by atoms with Gasteiger partial charge in [0.05, 0.1) is 5.02 Å². The largest absolute Gasteiger partial charge is 0.355 e. The Morgan fingerprint density at radius 1 is 1.41 bits per heavy atom. The highest BCUT2D eigenvalue weighted by Crippen LogP contribution is 2.31. The molecule has 0 N–H and O–H groups in total. The molecule has 0 atom stereocenters. The summed E-state index contributed by atoms with van der Waals surface area (Å²) >= 11 is 9.61. The molecule has 1 aromatic heterocycles. The van der Waals surface area contributed by atoms with Crippen LogP contribution in [0.3, 0.4) is 0 Å². The summed E-state index contributed by atoms with van der Waals surface area (Å²) in [5.41, 5.74) is 0. The van der Waals surface area contributed by atoms with Gasteiger partial charge in [0, 0.05) is 23.8 Å². The third-order valence-electron chi connectivity index (χ3n) is 3.57. The first-order valence-electron chi connectivity index (χ1n) is 6.14. The van der Waals surface area contributed by atoms with Crippen LogP contribution in [0.25, 0.3) is 0 Å². The van der Waals surface area contributed by atoms with Crippen LogP contribution in [0.4, 0.5) is 5.82 Å². The van der Waals surface area contributed by atoms with Gasteiger partial charge in [0.2, 0.25) is 0 Å². The van der Waals surface area contributed by atoms with Crippen molar-refractivity contribution in [1.29, 1.82) is 0 Å². The molecule has 1 aromatic rings. The van der Waals surface area contributed by atoms with Crippen molar-refractivity contribution >= 4 is 33.3 Å². The second-order valence-electron chi connectivity index (χ2n) is 5.03. The Balaban J connectivity index is 2.05. The molecular weight excluding hydrogens is 300 g/mol. The quantitative estimate of drug-likeness (QED) is 0.805. The van der Waals surface area contributed by atoms with E-state index in [0.29, 0.717) is 0 Å². The number of hydrogen-bond donors (Lipinski definition) is 0. The molecule has 2 rings (SSSR count). The molecule has 1 aliphatic rings. The first-order valence-corrected chi connectivity index (χ1v) is 7.31. The number of aromatic nitrogens is 1. The van der Waals surface area contributed by atoms with E-state index < -0.39 is 0 Å². The van der Waals surface area contributed by atoms with Crippen molar-refractivity contribution in [3.63, 3.8) is 0 Å². The minimum atomic E-state index is 0.738. The topological polar surface area (TPSA) is 16.1 Å². The van der Waals surface area contributed by atoms with E-state index in [0.717, 1.165) is 40.2 Å². The van der Waals surface area contributed by atoms with E-state index in [1.54, 1.807) is 0 Å². The third kappa shape index (κ3) is 3.14. The average Bonchev–Trinajstić information content (AvgIpc) is 2.29. The Bertz CT molecular complexity index is 387. The van der Waals surface area contributed by atoms with E-state index in [4.69, 9.17) is 11.6 Å². The highest BCUT2D eigenvalue weighted by molar-refractivity contribution is 9.10. The molecular formula is C13H18BrClN2. The number of anilines is 1. The van der Waals surface area contributed by atoms with Gasteiger partial charge in [0.1, 0.15) is 5.82 Å². The lowest BCUT2D eigenvalue weighted by Gasteiger charge is -2.34. The van der Waals surface area contributed by atoms with Crippen LogP contribution in [-0.2, 0) is 0 Å². The van der Waals surface area contributed by atoms with Crippen molar-refractivity contribution in [1.82, 2.24) is 4.98 Å². The number of piperidine rings is 1. The van der Waals surface area contributed by atoms with E-state index in [1.807, 2.05) is 12.3 Å². The summed E-state index contributed by atoms with van der Waals surface area (Å²) in [4.78, 5) is 6.72. The van der Waals surface area contributed by atoms with Crippen molar-refractivity contribution in [2.45, 2.75) is 26.7 Å². The predicted molar refractivity (Wildman–Crippen MR) is 76.7 cm³/mol. The van der Waals surface area contributed by atoms with Gasteiger partial charge in [-0.1, -0.05) is 25.4 Å². The standard InChI is InChI=1S/C13H18BrClN2/c1-9(2)10-3-5-17(6-4-10)13-12(15)7-11(14)8-16-13/h7-10H,3-6H2,1-2H3. The number of hydrogen-bond acceptors (Lipinski definition) is 2. The van der Waals surface area contributed by atoms with E-state index in [9.17, 15) is 0 Å². The molecule has 2 nitrogen and oxygen atoms in total. The van der Waals surface area contributed by atoms with Gasteiger partial charge in [-0.25, -0.2) is 4.98 Å². The van der Waals surface area contributed by atoms with Crippen molar-refractivity contribution in [3.8, 4) is 0 Å². The lowest BCUT2D eigenvalue weighted by Crippen LogP contribution is -2.35. The van der Waals surface area contributed by atoms with Crippen molar-refractivity contribution in [2.75, 3.05) is 18.0 Å². The summed E-state index contributed by atoms with van der Waals surface area (Å²) < 4.78 is 0.934. The normalized spacial score (nSPS) is 17.8. The van der Waals surface area contributed by atoms with Gasteiger partial charge in [-0.2, -0.15) is 0 Å². The smallest absolute Gasteiger partial charge is 0.147 e. The Labute approximate surface area is 116 Å². The molecule has 0 radical (unpaired) electrons. The SMILES string of the molecule is CC(C)C1CCN(c2ncc(Br)cc2Cl)CC1. The third-order valence-corrected chi connectivity index (χ3v) is 4.28. The maximum absolute atomic E-state index is 6.23. The van der Waals surface area contributed by atoms with Gasteiger partial charge in [-0.05, 0) is 46.7 Å². The van der Waals surface area contributed by atoms with Gasteiger partial charge >= 0.3 is 0 Å². The summed E-state index contributed by atoms with van der Waals surface area (Å²) in [6.07, 6.45) is 4.30. The minimum Gasteiger partial charge on any atom is -0.355 e. The Kier molecular flexibility index (Phi) is 4.31. The van der Waals surface area contributed by atoms with Crippen molar-refractivity contribution in [2.24, 2.45) is 11.8 Å². The fourth-order valence-electron chi connectivity index (χ4n) is 2.42. The monoisotopic (exact) mass is 316 g/mol. The molecule has 0 amide bonds. The molecule has 1 aliphatic heterocycles. The van der Waals surface area contributed by atoms with Gasteiger partial charge in [-0.15, -0.1) is 0 Å². The first-order chi connectivity index (χ1) is 8.08. The Morgan fingerprint density at radius 3 is 2.59 bits per heavy atom. The Hall–Kier alpha value is -0.280. The molecule has 1 fully saturated rings. The van der Waals surface area contributed by atoms with Crippen LogP contribution in [-0.4, -0.2) is 18.1 Å². The van der Waals surface area contributed by atoms with E-state index in [2.05, 4.69) is 39.7 Å². The van der Waals surface area contributed by atoms with Crippen LogP contribution in [0.1, 0.15) is 26.7 Å². The number of pyridine rings is 1. The summed E-state index contributed by atoms with van der Waals surface area (Å²) in [5, 5.41) is 0.738. The summed E-state index contributed by atoms with van der Waals surface area (Å²) in [5.74, 6) is 2.56. The lowest BCUT2D eigenvalue weighted by atomic mass is 9.87. The zero-order chi connectivity index (χ0) is 12.4. The van der Waals surface area contributed by atoms with E-state index >= 15 is 0 Å².